The Kier molecular flexibility index (Phi) is 4.25. The second-order valence-electron chi connectivity index (χ2n) is 6.25. The zero-order chi connectivity index (χ0) is 17.3. The molecule has 24 heavy (non-hydrogen) atoms. The van der Waals surface area contributed by atoms with E-state index in [1.54, 1.807) is 6.07 Å². The average molecular weight is 323 g/mol. The fraction of sp³-hybridized carbons (Fsp3) is 0.263. The van der Waals surface area contributed by atoms with Gasteiger partial charge in [-0.2, -0.15) is 0 Å². The third kappa shape index (κ3) is 3.11. The third-order valence-corrected chi connectivity index (χ3v) is 4.13. The first-order chi connectivity index (χ1) is 11.5. The van der Waals surface area contributed by atoms with E-state index < -0.39 is 6.04 Å². The summed E-state index contributed by atoms with van der Waals surface area (Å²) >= 11 is 0. The molecular formula is C19H21N3O2. The number of carbonyl (C=O) groups is 2. The lowest BCUT2D eigenvalue weighted by Crippen LogP contribution is -2.34. The maximum absolute atomic E-state index is 12.6. The number of carbonyl (C=O) groups excluding carboxylic acids is 2. The smallest absolute Gasteiger partial charge is 0.256 e. The lowest BCUT2D eigenvalue weighted by molar-refractivity contribution is -0.121. The van der Waals surface area contributed by atoms with Crippen LogP contribution in [0.15, 0.2) is 48.5 Å². The van der Waals surface area contributed by atoms with Gasteiger partial charge >= 0.3 is 0 Å². The number of nitrogens with one attached hydrogen (secondary N) is 1. The van der Waals surface area contributed by atoms with Crippen LogP contribution in [0.5, 0.6) is 0 Å². The summed E-state index contributed by atoms with van der Waals surface area (Å²) in [6, 6.07) is 14.7. The summed E-state index contributed by atoms with van der Waals surface area (Å²) in [6.45, 7) is 1.94. The molecule has 0 spiro atoms. The van der Waals surface area contributed by atoms with E-state index in [-0.39, 0.29) is 18.2 Å². The fourth-order valence-corrected chi connectivity index (χ4v) is 2.84. The molecule has 5 nitrogen and oxygen atoms in total. The summed E-state index contributed by atoms with van der Waals surface area (Å²) in [5, 5.41) is 3.17. The maximum Gasteiger partial charge on any atom is 0.256 e. The van der Waals surface area contributed by atoms with Crippen molar-refractivity contribution in [3.05, 3.63) is 54.1 Å². The van der Waals surface area contributed by atoms with Crippen molar-refractivity contribution in [3.63, 3.8) is 0 Å². The van der Waals surface area contributed by atoms with E-state index in [0.717, 1.165) is 16.9 Å². The van der Waals surface area contributed by atoms with Crippen molar-refractivity contribution < 1.29 is 9.59 Å². The first kappa shape index (κ1) is 16.1. The summed E-state index contributed by atoms with van der Waals surface area (Å²) in [5.74, 6) is -0.379. The lowest BCUT2D eigenvalue weighted by atomic mass is 10.2. The van der Waals surface area contributed by atoms with Gasteiger partial charge in [-0.1, -0.05) is 12.1 Å². The highest BCUT2D eigenvalue weighted by molar-refractivity contribution is 6.23. The van der Waals surface area contributed by atoms with Gasteiger partial charge in [0.2, 0.25) is 5.91 Å². The number of imide groups is 1. The van der Waals surface area contributed by atoms with Crippen molar-refractivity contribution in [2.24, 2.45) is 0 Å². The van der Waals surface area contributed by atoms with Crippen molar-refractivity contribution in [2.45, 2.75) is 19.4 Å². The van der Waals surface area contributed by atoms with Crippen LogP contribution in [0.1, 0.15) is 12.0 Å². The minimum Gasteiger partial charge on any atom is -0.378 e. The molecule has 2 aromatic carbocycles. The zero-order valence-corrected chi connectivity index (χ0v) is 14.1. The number of amides is 2. The maximum atomic E-state index is 12.6. The van der Waals surface area contributed by atoms with E-state index in [1.165, 1.54) is 4.90 Å². The van der Waals surface area contributed by atoms with Gasteiger partial charge in [-0.3, -0.25) is 9.59 Å². The molecule has 2 aromatic rings. The summed E-state index contributed by atoms with van der Waals surface area (Å²) in [5.41, 5.74) is 3.56. The Morgan fingerprint density at radius 2 is 1.79 bits per heavy atom. The van der Waals surface area contributed by atoms with Crippen molar-refractivity contribution in [1.82, 2.24) is 0 Å². The van der Waals surface area contributed by atoms with Crippen LogP contribution >= 0.6 is 0 Å². The minimum atomic E-state index is -0.525. The summed E-state index contributed by atoms with van der Waals surface area (Å²) in [6.07, 6.45) is 0.169. The quantitative estimate of drug-likeness (QED) is 0.879. The SMILES string of the molecule is Cc1cccc(N2C(=O)CC(Nc3ccc(N(C)C)cc3)C2=O)c1. The highest BCUT2D eigenvalue weighted by Crippen LogP contribution is 2.26. The highest BCUT2D eigenvalue weighted by Gasteiger charge is 2.39. The number of benzene rings is 2. The van der Waals surface area contributed by atoms with E-state index in [4.69, 9.17) is 0 Å². The Labute approximate surface area is 141 Å². The van der Waals surface area contributed by atoms with E-state index in [9.17, 15) is 9.59 Å². The van der Waals surface area contributed by atoms with Gasteiger partial charge in [0.25, 0.3) is 5.91 Å². The normalized spacial score (nSPS) is 17.3. The lowest BCUT2D eigenvalue weighted by Gasteiger charge is -2.17. The van der Waals surface area contributed by atoms with Crippen molar-refractivity contribution in [2.75, 3.05) is 29.2 Å². The first-order valence-electron chi connectivity index (χ1n) is 7.93. The van der Waals surface area contributed by atoms with Crippen LogP contribution in [-0.4, -0.2) is 32.0 Å². The van der Waals surface area contributed by atoms with Crippen LogP contribution in [-0.2, 0) is 9.59 Å². The minimum absolute atomic E-state index is 0.169. The number of anilines is 3. The Hall–Kier alpha value is -2.82. The van der Waals surface area contributed by atoms with Gasteiger partial charge in [0, 0.05) is 25.5 Å². The molecule has 1 fully saturated rings. The van der Waals surface area contributed by atoms with Gasteiger partial charge in [-0.25, -0.2) is 4.90 Å². The van der Waals surface area contributed by atoms with Gasteiger partial charge in [-0.05, 0) is 48.9 Å². The van der Waals surface area contributed by atoms with Crippen LogP contribution in [0.2, 0.25) is 0 Å². The summed E-state index contributed by atoms with van der Waals surface area (Å²) < 4.78 is 0. The number of nitrogens with zero attached hydrogens (tertiary/aromatic N) is 2. The van der Waals surface area contributed by atoms with Crippen LogP contribution in [0.3, 0.4) is 0 Å². The predicted molar refractivity (Wildman–Crippen MR) is 96.5 cm³/mol. The van der Waals surface area contributed by atoms with Crippen molar-refractivity contribution in [3.8, 4) is 0 Å². The summed E-state index contributed by atoms with van der Waals surface area (Å²) in [7, 11) is 3.95. The average Bonchev–Trinajstić information content (AvgIpc) is 2.82. The van der Waals surface area contributed by atoms with Crippen LogP contribution in [0, 0.1) is 6.92 Å². The van der Waals surface area contributed by atoms with E-state index in [0.29, 0.717) is 5.69 Å². The summed E-state index contributed by atoms with van der Waals surface area (Å²) in [4.78, 5) is 28.2. The van der Waals surface area contributed by atoms with Crippen LogP contribution in [0.25, 0.3) is 0 Å². The molecule has 5 heteroatoms. The molecule has 3 rings (SSSR count). The molecule has 1 aliphatic rings. The topological polar surface area (TPSA) is 52.7 Å². The molecule has 1 N–H and O–H groups in total. The number of rotatable bonds is 4. The molecule has 0 aliphatic carbocycles. The van der Waals surface area contributed by atoms with Gasteiger partial charge < -0.3 is 10.2 Å². The Bertz CT molecular complexity index is 768. The Morgan fingerprint density at radius 3 is 2.42 bits per heavy atom. The largest absolute Gasteiger partial charge is 0.378 e. The van der Waals surface area contributed by atoms with Gasteiger partial charge in [-0.15, -0.1) is 0 Å². The first-order valence-corrected chi connectivity index (χ1v) is 7.93. The third-order valence-electron chi connectivity index (χ3n) is 4.13. The van der Waals surface area contributed by atoms with E-state index in [2.05, 4.69) is 5.32 Å². The molecule has 124 valence electrons. The van der Waals surface area contributed by atoms with Crippen molar-refractivity contribution in [1.29, 1.82) is 0 Å². The van der Waals surface area contributed by atoms with E-state index in [1.807, 2.05) is 68.4 Å². The molecule has 0 aromatic heterocycles. The van der Waals surface area contributed by atoms with Crippen LogP contribution < -0.4 is 15.1 Å². The molecule has 1 atom stereocenters. The van der Waals surface area contributed by atoms with Gasteiger partial charge in [0.05, 0.1) is 12.1 Å². The van der Waals surface area contributed by atoms with Gasteiger partial charge in [0.15, 0.2) is 0 Å². The molecule has 0 radical (unpaired) electrons. The zero-order valence-electron chi connectivity index (χ0n) is 14.1. The number of hydrogen-bond donors (Lipinski definition) is 1. The number of hydrogen-bond acceptors (Lipinski definition) is 4. The highest BCUT2D eigenvalue weighted by atomic mass is 16.2. The molecule has 2 amide bonds. The second kappa shape index (κ2) is 6.35. The Morgan fingerprint density at radius 1 is 1.08 bits per heavy atom. The number of aryl methyl sites for hydroxylation is 1. The van der Waals surface area contributed by atoms with Crippen LogP contribution in [0.4, 0.5) is 17.1 Å². The molecule has 0 saturated carbocycles. The molecule has 0 bridgehead atoms. The van der Waals surface area contributed by atoms with Crippen molar-refractivity contribution >= 4 is 28.9 Å². The fourth-order valence-electron chi connectivity index (χ4n) is 2.84. The Balaban J connectivity index is 1.76. The molecular weight excluding hydrogens is 302 g/mol. The molecule has 1 aliphatic heterocycles. The predicted octanol–water partition coefficient (Wildman–Crippen LogP) is 2.81. The monoisotopic (exact) mass is 323 g/mol. The molecule has 1 heterocycles. The molecule has 1 unspecified atom stereocenters. The standard InChI is InChI=1S/C19H21N3O2/c1-13-5-4-6-16(11-13)22-18(23)12-17(19(22)24)20-14-7-9-15(10-8-14)21(2)3/h4-11,17,20H,12H2,1-3H3. The van der Waals surface area contributed by atoms with Gasteiger partial charge in [0.1, 0.15) is 6.04 Å². The van der Waals surface area contributed by atoms with E-state index >= 15 is 0 Å². The molecule has 1 saturated heterocycles. The second-order valence-corrected chi connectivity index (χ2v) is 6.25.